The first kappa shape index (κ1) is 40.1. The molecule has 276 valence electrons. The first-order valence-electron chi connectivity index (χ1n) is 18.3. The Bertz CT molecular complexity index is 1590. The minimum absolute atomic E-state index is 0.00297. The monoisotopic (exact) mass is 724 g/mol. The summed E-state index contributed by atoms with van der Waals surface area (Å²) < 4.78 is 48.8. The third-order valence-corrected chi connectivity index (χ3v) is 18.2. The van der Waals surface area contributed by atoms with Gasteiger partial charge >= 0.3 is 0 Å². The van der Waals surface area contributed by atoms with E-state index in [4.69, 9.17) is 18.6 Å². The minimum Gasteiger partial charge on any atom is -0.491 e. The van der Waals surface area contributed by atoms with Gasteiger partial charge in [0.1, 0.15) is 30.3 Å². The number of aliphatic hydroxyl groups is 1. The van der Waals surface area contributed by atoms with E-state index >= 15 is 0 Å². The highest BCUT2D eigenvalue weighted by Crippen LogP contribution is 2.42. The molecule has 0 spiro atoms. The van der Waals surface area contributed by atoms with Crippen LogP contribution in [-0.2, 0) is 25.6 Å². The fourth-order valence-electron chi connectivity index (χ4n) is 7.89. The van der Waals surface area contributed by atoms with Crippen LogP contribution in [0.1, 0.15) is 96.1 Å². The molecule has 3 aromatic rings. The van der Waals surface area contributed by atoms with Crippen LogP contribution < -0.4 is 9.47 Å². The van der Waals surface area contributed by atoms with Gasteiger partial charge < -0.3 is 23.7 Å². The van der Waals surface area contributed by atoms with E-state index in [1.165, 1.54) is 0 Å². The van der Waals surface area contributed by atoms with E-state index in [9.17, 15) is 13.5 Å². The second-order valence-corrected chi connectivity index (χ2v) is 22.8. The second-order valence-electron chi connectivity index (χ2n) is 15.1. The largest absolute Gasteiger partial charge is 0.491 e. The molecule has 0 bridgehead atoms. The first-order valence-corrected chi connectivity index (χ1v) is 22.3. The second kappa shape index (κ2) is 17.2. The molecule has 9 heteroatoms. The van der Waals surface area contributed by atoms with Crippen molar-refractivity contribution < 1.29 is 32.2 Å². The van der Waals surface area contributed by atoms with Crippen LogP contribution in [0.3, 0.4) is 0 Å². The van der Waals surface area contributed by atoms with Gasteiger partial charge in [0, 0.05) is 13.2 Å². The standard InChI is InChI=1S/C41H60O7SSi/c1-10-45-39(18-21-48-50(29(2)3,30(4)5)31(6)7)35-14-16-37(17-15-35)46-27-34-12-11-13-36(26-34)40-32(8)24-38(25-33(40)9)47-28-41(42)19-22-49(43,44)23-20-41/h11-17,24-26,29-31,39,42H,10,18-23,27-28H2,1-9H3/t39-/m0/s1. The zero-order valence-corrected chi connectivity index (χ0v) is 33.6. The van der Waals surface area contributed by atoms with Crippen molar-refractivity contribution in [2.45, 2.75) is 117 Å². The van der Waals surface area contributed by atoms with Crippen LogP contribution in [0.15, 0.2) is 60.7 Å². The molecule has 0 amide bonds. The lowest BCUT2D eigenvalue weighted by Gasteiger charge is -2.42. The predicted octanol–water partition coefficient (Wildman–Crippen LogP) is 9.53. The molecule has 1 heterocycles. The summed E-state index contributed by atoms with van der Waals surface area (Å²) in [7, 11) is -4.99. The summed E-state index contributed by atoms with van der Waals surface area (Å²) in [5, 5.41) is 10.8. The van der Waals surface area contributed by atoms with Gasteiger partial charge in [-0.15, -0.1) is 0 Å². The Hall–Kier alpha value is -2.69. The molecule has 1 N–H and O–H groups in total. The zero-order chi connectivity index (χ0) is 36.7. The quantitative estimate of drug-likeness (QED) is 0.139. The molecular weight excluding hydrogens is 665 g/mol. The Kier molecular flexibility index (Phi) is 13.8. The van der Waals surface area contributed by atoms with Crippen molar-refractivity contribution in [2.24, 2.45) is 0 Å². The Morgan fingerprint density at radius 1 is 0.820 bits per heavy atom. The van der Waals surface area contributed by atoms with Crippen LogP contribution in [-0.4, -0.2) is 58.8 Å². The normalized spacial score (nSPS) is 16.6. The van der Waals surface area contributed by atoms with Crippen LogP contribution in [0.5, 0.6) is 11.5 Å². The van der Waals surface area contributed by atoms with Gasteiger partial charge in [0.25, 0.3) is 0 Å². The van der Waals surface area contributed by atoms with Gasteiger partial charge in [0.2, 0.25) is 0 Å². The van der Waals surface area contributed by atoms with Gasteiger partial charge in [0.05, 0.1) is 17.6 Å². The maximum atomic E-state index is 11.8. The van der Waals surface area contributed by atoms with Crippen molar-refractivity contribution >= 4 is 18.2 Å². The van der Waals surface area contributed by atoms with E-state index in [1.54, 1.807) is 0 Å². The smallest absolute Gasteiger partial charge is 0.200 e. The molecule has 0 radical (unpaired) electrons. The van der Waals surface area contributed by atoms with Crippen LogP contribution >= 0.6 is 0 Å². The van der Waals surface area contributed by atoms with Gasteiger partial charge in [-0.1, -0.05) is 71.9 Å². The molecule has 7 nitrogen and oxygen atoms in total. The number of ether oxygens (including phenoxy) is 3. The summed E-state index contributed by atoms with van der Waals surface area (Å²) >= 11 is 0. The minimum atomic E-state index is -3.06. The fraction of sp³-hybridized carbons (Fsp3) is 0.561. The van der Waals surface area contributed by atoms with Crippen molar-refractivity contribution in [3.8, 4) is 22.6 Å². The highest BCUT2D eigenvalue weighted by atomic mass is 32.2. The summed E-state index contributed by atoms with van der Waals surface area (Å²) in [6, 6.07) is 20.6. The molecule has 0 aromatic heterocycles. The highest BCUT2D eigenvalue weighted by molar-refractivity contribution is 7.91. The van der Waals surface area contributed by atoms with Crippen molar-refractivity contribution in [1.29, 1.82) is 0 Å². The van der Waals surface area contributed by atoms with Crippen molar-refractivity contribution in [1.82, 2.24) is 0 Å². The van der Waals surface area contributed by atoms with Crippen LogP contribution in [0.4, 0.5) is 0 Å². The van der Waals surface area contributed by atoms with Gasteiger partial charge in [0.15, 0.2) is 18.2 Å². The molecule has 1 aliphatic heterocycles. The zero-order valence-electron chi connectivity index (χ0n) is 31.8. The van der Waals surface area contributed by atoms with Crippen molar-refractivity contribution in [3.63, 3.8) is 0 Å². The van der Waals surface area contributed by atoms with E-state index in [0.29, 0.717) is 42.2 Å². The van der Waals surface area contributed by atoms with Gasteiger partial charge in [-0.05, 0) is 120 Å². The van der Waals surface area contributed by atoms with Crippen LogP contribution in [0.2, 0.25) is 16.6 Å². The van der Waals surface area contributed by atoms with E-state index in [2.05, 4.69) is 91.8 Å². The summed E-state index contributed by atoms with van der Waals surface area (Å²) in [5.41, 5.74) is 7.09. The molecular formula is C41H60O7SSi. The fourth-order valence-corrected chi connectivity index (χ4v) is 15.0. The Morgan fingerprint density at radius 3 is 1.98 bits per heavy atom. The van der Waals surface area contributed by atoms with E-state index in [0.717, 1.165) is 45.6 Å². The molecule has 1 saturated heterocycles. The lowest BCUT2D eigenvalue weighted by molar-refractivity contribution is -0.0128. The van der Waals surface area contributed by atoms with E-state index in [1.807, 2.05) is 31.2 Å². The molecule has 1 fully saturated rings. The maximum absolute atomic E-state index is 11.8. The van der Waals surface area contributed by atoms with Crippen LogP contribution in [0.25, 0.3) is 11.1 Å². The van der Waals surface area contributed by atoms with Gasteiger partial charge in [-0.25, -0.2) is 8.42 Å². The number of benzene rings is 3. The van der Waals surface area contributed by atoms with Crippen molar-refractivity contribution in [3.05, 3.63) is 82.9 Å². The number of aryl methyl sites for hydroxylation is 2. The van der Waals surface area contributed by atoms with E-state index < -0.39 is 23.8 Å². The summed E-state index contributed by atoms with van der Waals surface area (Å²) in [6.07, 6.45) is 1.20. The SMILES string of the molecule is CCO[C@@H](CCO[Si](C(C)C)(C(C)C)C(C)C)c1ccc(OCc2cccc(-c3c(C)cc(OCC4(O)CCS(=O)(=O)CC4)cc3C)c2)cc1. The number of sulfone groups is 1. The molecule has 1 atom stereocenters. The summed E-state index contributed by atoms with van der Waals surface area (Å²) in [5.74, 6) is 1.47. The van der Waals surface area contributed by atoms with Gasteiger partial charge in [-0.2, -0.15) is 0 Å². The molecule has 0 unspecified atom stereocenters. The Morgan fingerprint density at radius 2 is 1.42 bits per heavy atom. The first-order chi connectivity index (χ1) is 23.6. The number of hydrogen-bond donors (Lipinski definition) is 1. The van der Waals surface area contributed by atoms with Gasteiger partial charge in [-0.3, -0.25) is 0 Å². The molecule has 0 aliphatic carbocycles. The molecule has 50 heavy (non-hydrogen) atoms. The topological polar surface area (TPSA) is 91.3 Å². The Balaban J connectivity index is 1.37. The third kappa shape index (κ3) is 10.0. The maximum Gasteiger partial charge on any atom is 0.200 e. The third-order valence-electron chi connectivity index (χ3n) is 10.5. The lowest BCUT2D eigenvalue weighted by Crippen LogP contribution is -2.48. The summed E-state index contributed by atoms with van der Waals surface area (Å²) in [6.45, 7) is 22.0. The van der Waals surface area contributed by atoms with Crippen molar-refractivity contribution in [2.75, 3.05) is 31.3 Å². The molecule has 4 rings (SSSR count). The number of hydrogen-bond acceptors (Lipinski definition) is 7. The van der Waals surface area contributed by atoms with E-state index in [-0.39, 0.29) is 37.1 Å². The van der Waals surface area contributed by atoms with Crippen LogP contribution in [0, 0.1) is 13.8 Å². The average Bonchev–Trinajstić information content (AvgIpc) is 3.06. The Labute approximate surface area is 302 Å². The molecule has 1 aliphatic rings. The molecule has 0 saturated carbocycles. The predicted molar refractivity (Wildman–Crippen MR) is 206 cm³/mol. The molecule has 3 aromatic carbocycles. The number of rotatable bonds is 17. The summed E-state index contributed by atoms with van der Waals surface area (Å²) in [4.78, 5) is 0. The highest BCUT2D eigenvalue weighted by Gasteiger charge is 2.45. The average molecular weight is 725 g/mol. The lowest BCUT2D eigenvalue weighted by atomic mass is 9.94.